The molecule has 1 N–H and O–H groups in total. The first-order valence-corrected chi connectivity index (χ1v) is 14.9. The van der Waals surface area contributed by atoms with Crippen molar-refractivity contribution in [3.8, 4) is 5.75 Å². The molecule has 1 saturated heterocycles. The Morgan fingerprint density at radius 3 is 2.38 bits per heavy atom. The summed E-state index contributed by atoms with van der Waals surface area (Å²) in [4.78, 5) is 34.4. The molecule has 1 fully saturated rings. The number of methoxy groups -OCH3 is 1. The summed E-state index contributed by atoms with van der Waals surface area (Å²) < 4.78 is 5.82. The van der Waals surface area contributed by atoms with Gasteiger partial charge in [-0.2, -0.15) is 0 Å². The lowest BCUT2D eigenvalue weighted by Crippen LogP contribution is -2.52. The number of Topliss-reactive ketones (excluding diaryl/α,β-unsaturated/α-hetero) is 1. The summed E-state index contributed by atoms with van der Waals surface area (Å²) in [5.74, 6) is 0.833. The first kappa shape index (κ1) is 28.2. The van der Waals surface area contributed by atoms with Gasteiger partial charge in [0.1, 0.15) is 5.75 Å². The number of ketones is 1. The summed E-state index contributed by atoms with van der Waals surface area (Å²) in [5.41, 5.74) is 5.24. The van der Waals surface area contributed by atoms with E-state index < -0.39 is 6.04 Å². The zero-order chi connectivity index (χ0) is 29.4. The summed E-state index contributed by atoms with van der Waals surface area (Å²) in [6.45, 7) is 7.13. The number of anilines is 3. The molecule has 0 saturated carbocycles. The third-order valence-electron chi connectivity index (χ3n) is 8.57. The fourth-order valence-electron chi connectivity index (χ4n) is 6.55. The van der Waals surface area contributed by atoms with E-state index >= 15 is 0 Å². The molecule has 1 aliphatic carbocycles. The number of para-hydroxylation sites is 3. The molecule has 3 aliphatic rings. The van der Waals surface area contributed by atoms with Crippen LogP contribution in [-0.4, -0.2) is 56.4 Å². The summed E-state index contributed by atoms with van der Waals surface area (Å²) in [6, 6.07) is 23.2. The number of hydrogen-bond donors (Lipinski definition) is 1. The van der Waals surface area contributed by atoms with Crippen LogP contribution in [-0.2, 0) is 9.59 Å². The minimum Gasteiger partial charge on any atom is -0.496 e. The number of nitrogens with zero attached hydrogens (tertiary/aromatic N) is 3. The second-order valence-corrected chi connectivity index (χ2v) is 12.5. The van der Waals surface area contributed by atoms with Crippen LogP contribution >= 0.6 is 11.6 Å². The third kappa shape index (κ3) is 5.45. The van der Waals surface area contributed by atoms with E-state index in [1.807, 2.05) is 77.7 Å². The molecule has 1 amide bonds. The maximum atomic E-state index is 14.0. The van der Waals surface area contributed by atoms with Crippen molar-refractivity contribution in [2.24, 2.45) is 5.41 Å². The highest BCUT2D eigenvalue weighted by Crippen LogP contribution is 2.49. The molecule has 8 heteroatoms. The molecule has 0 radical (unpaired) electrons. The number of benzene rings is 3. The molecule has 0 bridgehead atoms. The fraction of sp³-hybridized carbons (Fsp3) is 0.353. The molecular weight excluding hydrogens is 548 g/mol. The molecule has 3 aromatic carbocycles. The molecule has 1 atom stereocenters. The van der Waals surface area contributed by atoms with E-state index in [4.69, 9.17) is 16.3 Å². The molecule has 2 aliphatic heterocycles. The van der Waals surface area contributed by atoms with Crippen LogP contribution < -0.4 is 19.9 Å². The average Bonchev–Trinajstić information content (AvgIpc) is 3.11. The summed E-state index contributed by atoms with van der Waals surface area (Å²) >= 11 is 6.08. The van der Waals surface area contributed by atoms with Gasteiger partial charge in [-0.15, -0.1) is 0 Å². The molecule has 6 rings (SSSR count). The van der Waals surface area contributed by atoms with Gasteiger partial charge in [-0.1, -0.05) is 55.8 Å². The normalized spacial score (nSPS) is 20.0. The molecule has 0 aromatic heterocycles. The monoisotopic (exact) mass is 584 g/mol. The standard InChI is InChI=1S/C34H37ClN4O3/c1-34(2)20-27-32(29(40)21-34)33(25-8-4-7-11-30(25)42-3)39(28-10-6-5-9-26(28)36-27)22-31(41)38-18-16-37(17-19-38)24-14-12-23(35)13-15-24/h4-15,33,36H,16-22H2,1-3H3. The quantitative estimate of drug-likeness (QED) is 0.379. The zero-order valence-electron chi connectivity index (χ0n) is 24.4. The minimum absolute atomic E-state index is 0.0353. The predicted molar refractivity (Wildman–Crippen MR) is 168 cm³/mol. The van der Waals surface area contributed by atoms with Crippen molar-refractivity contribution >= 4 is 40.4 Å². The van der Waals surface area contributed by atoms with Crippen LogP contribution in [0, 0.1) is 5.41 Å². The number of hydrogen-bond acceptors (Lipinski definition) is 6. The molecule has 42 heavy (non-hydrogen) atoms. The SMILES string of the molecule is COc1ccccc1C1C2=C(CC(C)(C)CC2=O)Nc2ccccc2N1CC(=O)N1CCN(c2ccc(Cl)cc2)CC1. The van der Waals surface area contributed by atoms with Gasteiger partial charge in [0.2, 0.25) is 5.91 Å². The maximum absolute atomic E-state index is 14.0. The highest BCUT2D eigenvalue weighted by Gasteiger charge is 2.43. The van der Waals surface area contributed by atoms with Crippen LogP contribution in [0.1, 0.15) is 38.3 Å². The Bertz CT molecular complexity index is 1530. The Hall–Kier alpha value is -3.97. The molecule has 218 valence electrons. The van der Waals surface area contributed by atoms with Crippen LogP contribution in [0.2, 0.25) is 5.02 Å². The molecule has 2 heterocycles. The van der Waals surface area contributed by atoms with Gasteiger partial charge in [-0.05, 0) is 54.3 Å². The van der Waals surface area contributed by atoms with Crippen molar-refractivity contribution in [3.63, 3.8) is 0 Å². The Morgan fingerprint density at radius 2 is 1.64 bits per heavy atom. The average molecular weight is 585 g/mol. The van der Waals surface area contributed by atoms with Gasteiger partial charge in [-0.25, -0.2) is 0 Å². The van der Waals surface area contributed by atoms with Crippen molar-refractivity contribution in [1.29, 1.82) is 0 Å². The van der Waals surface area contributed by atoms with E-state index in [2.05, 4.69) is 29.0 Å². The van der Waals surface area contributed by atoms with Gasteiger partial charge < -0.3 is 24.8 Å². The highest BCUT2D eigenvalue weighted by molar-refractivity contribution is 6.30. The first-order chi connectivity index (χ1) is 20.2. The molecule has 0 spiro atoms. The summed E-state index contributed by atoms with van der Waals surface area (Å²) in [5, 5.41) is 4.34. The van der Waals surface area contributed by atoms with Crippen molar-refractivity contribution in [3.05, 3.63) is 94.7 Å². The van der Waals surface area contributed by atoms with Gasteiger partial charge in [0.15, 0.2) is 5.78 Å². The number of fused-ring (bicyclic) bond motifs is 1. The van der Waals surface area contributed by atoms with Gasteiger partial charge in [0.25, 0.3) is 0 Å². The predicted octanol–water partition coefficient (Wildman–Crippen LogP) is 6.31. The van der Waals surface area contributed by atoms with E-state index in [0.717, 1.165) is 53.4 Å². The molecular formula is C34H37ClN4O3. The molecule has 7 nitrogen and oxygen atoms in total. The van der Waals surface area contributed by atoms with Crippen LogP contribution in [0.5, 0.6) is 5.75 Å². The smallest absolute Gasteiger partial charge is 0.242 e. The van der Waals surface area contributed by atoms with Gasteiger partial charge in [0, 0.05) is 60.1 Å². The lowest BCUT2D eigenvalue weighted by Gasteiger charge is -2.40. The number of rotatable bonds is 5. The summed E-state index contributed by atoms with van der Waals surface area (Å²) in [6.07, 6.45) is 1.19. The number of piperazine rings is 1. The maximum Gasteiger partial charge on any atom is 0.242 e. The Labute approximate surface area is 252 Å². The number of nitrogens with one attached hydrogen (secondary N) is 1. The minimum atomic E-state index is -0.477. The highest BCUT2D eigenvalue weighted by atomic mass is 35.5. The number of carbonyl (C=O) groups excluding carboxylic acids is 2. The summed E-state index contributed by atoms with van der Waals surface area (Å²) in [7, 11) is 1.65. The number of halogens is 1. The molecule has 1 unspecified atom stereocenters. The van der Waals surface area contributed by atoms with E-state index in [0.29, 0.717) is 30.3 Å². The first-order valence-electron chi connectivity index (χ1n) is 14.5. The van der Waals surface area contributed by atoms with E-state index in [1.54, 1.807) is 7.11 Å². The largest absolute Gasteiger partial charge is 0.496 e. The Morgan fingerprint density at radius 1 is 0.952 bits per heavy atom. The second-order valence-electron chi connectivity index (χ2n) is 12.1. The van der Waals surface area contributed by atoms with Crippen LogP contribution in [0.4, 0.5) is 17.1 Å². The van der Waals surface area contributed by atoms with Gasteiger partial charge in [-0.3, -0.25) is 9.59 Å². The van der Waals surface area contributed by atoms with Crippen LogP contribution in [0.15, 0.2) is 84.1 Å². The number of amides is 1. The lowest BCUT2D eigenvalue weighted by atomic mass is 9.73. The topological polar surface area (TPSA) is 65.1 Å². The van der Waals surface area contributed by atoms with Crippen molar-refractivity contribution in [2.75, 3.05) is 55.0 Å². The van der Waals surface area contributed by atoms with E-state index in [1.165, 1.54) is 0 Å². The van der Waals surface area contributed by atoms with Gasteiger partial charge >= 0.3 is 0 Å². The Kier molecular flexibility index (Phi) is 7.62. The number of ether oxygens (including phenoxy) is 1. The number of allylic oxidation sites excluding steroid dienone is 1. The van der Waals surface area contributed by atoms with Gasteiger partial charge in [0.05, 0.1) is 31.1 Å². The molecule has 3 aromatic rings. The third-order valence-corrected chi connectivity index (χ3v) is 8.82. The number of carbonyl (C=O) groups is 2. The van der Waals surface area contributed by atoms with Crippen molar-refractivity contribution < 1.29 is 14.3 Å². The second kappa shape index (κ2) is 11.4. The van der Waals surface area contributed by atoms with E-state index in [9.17, 15) is 9.59 Å². The fourth-order valence-corrected chi connectivity index (χ4v) is 6.68. The Balaban J connectivity index is 1.36. The zero-order valence-corrected chi connectivity index (χ0v) is 25.2. The van der Waals surface area contributed by atoms with Crippen LogP contribution in [0.3, 0.4) is 0 Å². The lowest BCUT2D eigenvalue weighted by molar-refractivity contribution is -0.130. The van der Waals surface area contributed by atoms with Crippen molar-refractivity contribution in [1.82, 2.24) is 4.90 Å². The van der Waals surface area contributed by atoms with E-state index in [-0.39, 0.29) is 23.7 Å². The van der Waals surface area contributed by atoms with Crippen LogP contribution in [0.25, 0.3) is 0 Å². The van der Waals surface area contributed by atoms with Crippen molar-refractivity contribution in [2.45, 2.75) is 32.7 Å².